The van der Waals surface area contributed by atoms with E-state index in [0.29, 0.717) is 6.54 Å². The maximum atomic E-state index is 5.41. The van der Waals surface area contributed by atoms with Crippen molar-refractivity contribution >= 4 is 12.4 Å². The molecule has 0 fully saturated rings. The third-order valence-corrected chi connectivity index (χ3v) is 1.34. The van der Waals surface area contributed by atoms with Gasteiger partial charge in [0.1, 0.15) is 0 Å². The summed E-state index contributed by atoms with van der Waals surface area (Å²) >= 11 is 0. The van der Waals surface area contributed by atoms with Crippen molar-refractivity contribution in [1.82, 2.24) is 9.78 Å². The molecule has 0 amide bonds. The number of nitrogens with two attached hydrogens (primary N) is 1. The van der Waals surface area contributed by atoms with E-state index in [0.717, 1.165) is 11.3 Å². The summed E-state index contributed by atoms with van der Waals surface area (Å²) in [5.74, 6) is 0. The molecule has 0 saturated carbocycles. The average Bonchev–Trinajstić information content (AvgIpc) is 2.10. The molecular weight excluding hydrogens is 166 g/mol. The van der Waals surface area contributed by atoms with Crippen LogP contribution >= 0.6 is 12.4 Å². The topological polar surface area (TPSA) is 75.3 Å². The van der Waals surface area contributed by atoms with E-state index in [-0.39, 0.29) is 17.9 Å². The molecule has 1 heterocycles. The first-order valence-corrected chi connectivity index (χ1v) is 2.93. The van der Waals surface area contributed by atoms with Gasteiger partial charge in [-0.25, -0.2) is 0 Å². The average molecular weight is 180 g/mol. The molecule has 0 unspecified atom stereocenters. The third-order valence-electron chi connectivity index (χ3n) is 1.34. The fourth-order valence-corrected chi connectivity index (χ4v) is 0.849. The molecule has 66 valence electrons. The van der Waals surface area contributed by atoms with Crippen LogP contribution in [-0.4, -0.2) is 15.3 Å². The quantitative estimate of drug-likeness (QED) is 0.648. The van der Waals surface area contributed by atoms with Crippen LogP contribution in [0.2, 0.25) is 0 Å². The van der Waals surface area contributed by atoms with Crippen LogP contribution in [0.25, 0.3) is 0 Å². The Balaban J connectivity index is 0. The van der Waals surface area contributed by atoms with E-state index in [9.17, 15) is 0 Å². The molecule has 1 aromatic heterocycles. The lowest BCUT2D eigenvalue weighted by Crippen LogP contribution is -1.95. The minimum absolute atomic E-state index is 0. The highest BCUT2D eigenvalue weighted by atomic mass is 35.5. The van der Waals surface area contributed by atoms with E-state index in [2.05, 4.69) is 5.10 Å². The number of halogens is 1. The molecule has 0 radical (unpaired) electrons. The van der Waals surface area contributed by atoms with Crippen LogP contribution in [0, 0.1) is 6.92 Å². The zero-order valence-corrected chi connectivity index (χ0v) is 7.48. The molecule has 0 bridgehead atoms. The Morgan fingerprint density at radius 1 is 1.64 bits per heavy atom. The van der Waals surface area contributed by atoms with Gasteiger partial charge in [-0.3, -0.25) is 4.68 Å². The van der Waals surface area contributed by atoms with Crippen molar-refractivity contribution in [2.75, 3.05) is 0 Å². The van der Waals surface area contributed by atoms with E-state index < -0.39 is 0 Å². The standard InChI is InChI=1S/C6H11N3.ClH.H2O/c1-5-6(3-7)4-9(2)8-5;;/h4H,3,7H2,1-2H3;1H;1H2. The van der Waals surface area contributed by atoms with Gasteiger partial charge in [0.2, 0.25) is 0 Å². The number of rotatable bonds is 1. The Morgan fingerprint density at radius 3 is 2.36 bits per heavy atom. The highest BCUT2D eigenvalue weighted by Gasteiger charge is 1.97. The summed E-state index contributed by atoms with van der Waals surface area (Å²) in [7, 11) is 1.90. The molecule has 0 atom stereocenters. The van der Waals surface area contributed by atoms with Crippen molar-refractivity contribution in [2.45, 2.75) is 13.5 Å². The molecule has 0 aromatic carbocycles. The van der Waals surface area contributed by atoms with Crippen LogP contribution in [0.3, 0.4) is 0 Å². The van der Waals surface area contributed by atoms with Crippen molar-refractivity contribution in [3.8, 4) is 0 Å². The van der Waals surface area contributed by atoms with Gasteiger partial charge in [-0.15, -0.1) is 12.4 Å². The second-order valence-electron chi connectivity index (χ2n) is 2.12. The third kappa shape index (κ3) is 2.88. The van der Waals surface area contributed by atoms with Crippen LogP contribution in [-0.2, 0) is 13.6 Å². The molecule has 0 aliphatic heterocycles. The van der Waals surface area contributed by atoms with Gasteiger partial charge < -0.3 is 11.2 Å². The highest BCUT2D eigenvalue weighted by Crippen LogP contribution is 2.01. The lowest BCUT2D eigenvalue weighted by atomic mass is 10.3. The van der Waals surface area contributed by atoms with Gasteiger partial charge >= 0.3 is 0 Å². The minimum Gasteiger partial charge on any atom is -0.412 e. The highest BCUT2D eigenvalue weighted by molar-refractivity contribution is 5.85. The van der Waals surface area contributed by atoms with Gasteiger partial charge in [0.05, 0.1) is 5.69 Å². The summed E-state index contributed by atoms with van der Waals surface area (Å²) in [6.07, 6.45) is 1.94. The van der Waals surface area contributed by atoms with Gasteiger partial charge in [-0.05, 0) is 6.92 Å². The van der Waals surface area contributed by atoms with Gasteiger partial charge in [0, 0.05) is 25.4 Å². The summed E-state index contributed by atoms with van der Waals surface area (Å²) in [5.41, 5.74) is 7.56. The van der Waals surface area contributed by atoms with Crippen molar-refractivity contribution < 1.29 is 5.48 Å². The Bertz CT molecular complexity index is 212. The predicted molar refractivity (Wildman–Crippen MR) is 46.7 cm³/mol. The lowest BCUT2D eigenvalue weighted by Gasteiger charge is -1.85. The summed E-state index contributed by atoms with van der Waals surface area (Å²) in [5, 5.41) is 4.12. The molecule has 1 rings (SSSR count). The summed E-state index contributed by atoms with van der Waals surface area (Å²) in [6.45, 7) is 2.54. The monoisotopic (exact) mass is 179 g/mol. The predicted octanol–water partition coefficient (Wildman–Crippen LogP) is -0.216. The fourth-order valence-electron chi connectivity index (χ4n) is 0.849. The summed E-state index contributed by atoms with van der Waals surface area (Å²) in [4.78, 5) is 0. The SMILES string of the molecule is Cc1nn(C)cc1CN.Cl.O. The smallest absolute Gasteiger partial charge is 0.0638 e. The van der Waals surface area contributed by atoms with Gasteiger partial charge in [0.25, 0.3) is 0 Å². The molecule has 0 spiro atoms. The van der Waals surface area contributed by atoms with Crippen LogP contribution in [0.5, 0.6) is 0 Å². The maximum Gasteiger partial charge on any atom is 0.0638 e. The van der Waals surface area contributed by atoms with E-state index in [1.54, 1.807) is 4.68 Å². The van der Waals surface area contributed by atoms with Crippen molar-refractivity contribution in [3.63, 3.8) is 0 Å². The Labute approximate surface area is 72.1 Å². The Morgan fingerprint density at radius 2 is 2.18 bits per heavy atom. The molecule has 0 saturated heterocycles. The number of aryl methyl sites for hydroxylation is 2. The minimum atomic E-state index is 0. The molecule has 11 heavy (non-hydrogen) atoms. The van der Waals surface area contributed by atoms with Crippen LogP contribution < -0.4 is 5.73 Å². The number of nitrogens with zero attached hydrogens (tertiary/aromatic N) is 2. The van der Waals surface area contributed by atoms with Crippen LogP contribution in [0.15, 0.2) is 6.20 Å². The van der Waals surface area contributed by atoms with Crippen molar-refractivity contribution in [2.24, 2.45) is 12.8 Å². The van der Waals surface area contributed by atoms with E-state index in [1.165, 1.54) is 0 Å². The van der Waals surface area contributed by atoms with Crippen molar-refractivity contribution in [3.05, 3.63) is 17.5 Å². The van der Waals surface area contributed by atoms with Gasteiger partial charge in [0.15, 0.2) is 0 Å². The fraction of sp³-hybridized carbons (Fsp3) is 0.500. The molecule has 5 heteroatoms. The zero-order chi connectivity index (χ0) is 6.85. The van der Waals surface area contributed by atoms with Crippen LogP contribution in [0.1, 0.15) is 11.3 Å². The number of hydrogen-bond acceptors (Lipinski definition) is 2. The first-order chi connectivity index (χ1) is 4.24. The first kappa shape index (κ1) is 13.0. The Kier molecular flexibility index (Phi) is 6.07. The molecule has 0 aliphatic rings. The molecule has 4 nitrogen and oxygen atoms in total. The number of hydrogen-bond donors (Lipinski definition) is 1. The first-order valence-electron chi connectivity index (χ1n) is 2.93. The number of aromatic nitrogens is 2. The van der Waals surface area contributed by atoms with Crippen molar-refractivity contribution in [1.29, 1.82) is 0 Å². The van der Waals surface area contributed by atoms with E-state index >= 15 is 0 Å². The normalized spacial score (nSPS) is 8.27. The Hall–Kier alpha value is -0.580. The second kappa shape index (κ2) is 5.12. The molecular formula is C6H14ClN3O. The van der Waals surface area contributed by atoms with E-state index in [4.69, 9.17) is 5.73 Å². The van der Waals surface area contributed by atoms with Crippen LogP contribution in [0.4, 0.5) is 0 Å². The van der Waals surface area contributed by atoms with Gasteiger partial charge in [-0.1, -0.05) is 0 Å². The maximum absolute atomic E-state index is 5.41. The van der Waals surface area contributed by atoms with Gasteiger partial charge in [-0.2, -0.15) is 5.10 Å². The largest absolute Gasteiger partial charge is 0.412 e. The molecule has 0 aliphatic carbocycles. The van der Waals surface area contributed by atoms with E-state index in [1.807, 2.05) is 20.2 Å². The second-order valence-corrected chi connectivity index (χ2v) is 2.12. The molecule has 1 aromatic rings. The lowest BCUT2D eigenvalue weighted by molar-refractivity contribution is 0.756. The zero-order valence-electron chi connectivity index (χ0n) is 6.66. The summed E-state index contributed by atoms with van der Waals surface area (Å²) < 4.78 is 1.78. The molecule has 4 N–H and O–H groups in total. The summed E-state index contributed by atoms with van der Waals surface area (Å²) in [6, 6.07) is 0.